The predicted molar refractivity (Wildman–Crippen MR) is 84.0 cm³/mol. The number of rotatable bonds is 3. The van der Waals surface area contributed by atoms with Gasteiger partial charge < -0.3 is 5.73 Å². The molecule has 1 atom stereocenters. The van der Waals surface area contributed by atoms with E-state index in [4.69, 9.17) is 17.3 Å². The van der Waals surface area contributed by atoms with Crippen molar-refractivity contribution in [3.63, 3.8) is 0 Å². The third kappa shape index (κ3) is 3.46. The second kappa shape index (κ2) is 7.09. The van der Waals surface area contributed by atoms with Crippen LogP contribution in [0.25, 0.3) is 0 Å². The number of hydrogen-bond acceptors (Lipinski definition) is 3. The van der Waals surface area contributed by atoms with Crippen molar-refractivity contribution in [1.82, 2.24) is 4.31 Å². The number of halogens is 2. The van der Waals surface area contributed by atoms with Gasteiger partial charge >= 0.3 is 0 Å². The summed E-state index contributed by atoms with van der Waals surface area (Å²) < 4.78 is 26.8. The first kappa shape index (κ1) is 17.7. The average molecular weight is 339 g/mol. The minimum atomic E-state index is -3.46. The average Bonchev–Trinajstić information content (AvgIpc) is 2.41. The molecule has 7 heteroatoms. The second-order valence-electron chi connectivity index (χ2n) is 4.97. The molecule has 0 aromatic heterocycles. The predicted octanol–water partition coefficient (Wildman–Crippen LogP) is 2.43. The van der Waals surface area contributed by atoms with Crippen molar-refractivity contribution in [1.29, 1.82) is 0 Å². The molecule has 4 nitrogen and oxygen atoms in total. The number of nitrogens with zero attached hydrogens (tertiary/aromatic N) is 1. The van der Waals surface area contributed by atoms with Gasteiger partial charge in [-0.05, 0) is 49.9 Å². The summed E-state index contributed by atoms with van der Waals surface area (Å²) in [6.45, 7) is 3.33. The molecule has 0 aliphatic carbocycles. The van der Waals surface area contributed by atoms with Gasteiger partial charge in [0.1, 0.15) is 0 Å². The molecule has 0 radical (unpaired) electrons. The van der Waals surface area contributed by atoms with E-state index in [0.717, 1.165) is 12.8 Å². The SMILES string of the molecule is Cc1c(Cl)cccc1S(=O)(=O)N1CCCC(CN)C1.Cl. The highest BCUT2D eigenvalue weighted by molar-refractivity contribution is 7.89. The Morgan fingerprint density at radius 3 is 2.80 bits per heavy atom. The Kier molecular flexibility index (Phi) is 6.28. The van der Waals surface area contributed by atoms with Crippen molar-refractivity contribution in [2.24, 2.45) is 11.7 Å². The van der Waals surface area contributed by atoms with Gasteiger partial charge in [0.25, 0.3) is 0 Å². The van der Waals surface area contributed by atoms with Crippen LogP contribution in [0.4, 0.5) is 0 Å². The maximum atomic E-state index is 12.6. The summed E-state index contributed by atoms with van der Waals surface area (Å²) in [5.41, 5.74) is 6.27. The van der Waals surface area contributed by atoms with Gasteiger partial charge in [-0.1, -0.05) is 17.7 Å². The monoisotopic (exact) mass is 338 g/mol. The van der Waals surface area contributed by atoms with E-state index in [1.54, 1.807) is 25.1 Å². The van der Waals surface area contributed by atoms with E-state index in [-0.39, 0.29) is 18.3 Å². The molecule has 2 rings (SSSR count). The van der Waals surface area contributed by atoms with Crippen LogP contribution in [0.2, 0.25) is 5.02 Å². The zero-order chi connectivity index (χ0) is 14.0. The molecule has 1 aromatic carbocycles. The molecule has 0 amide bonds. The molecule has 114 valence electrons. The molecule has 1 aliphatic heterocycles. The summed E-state index contributed by atoms with van der Waals surface area (Å²) in [7, 11) is -3.46. The summed E-state index contributed by atoms with van der Waals surface area (Å²) >= 11 is 6.01. The summed E-state index contributed by atoms with van der Waals surface area (Å²) in [6, 6.07) is 4.99. The Morgan fingerprint density at radius 1 is 1.45 bits per heavy atom. The molecule has 20 heavy (non-hydrogen) atoms. The van der Waals surface area contributed by atoms with Gasteiger partial charge in [0.2, 0.25) is 10.0 Å². The Morgan fingerprint density at radius 2 is 2.15 bits per heavy atom. The first-order valence-corrected chi connectivity index (χ1v) is 8.24. The van der Waals surface area contributed by atoms with Crippen molar-refractivity contribution in [2.45, 2.75) is 24.7 Å². The van der Waals surface area contributed by atoms with Crippen LogP contribution in [0.5, 0.6) is 0 Å². The molecule has 1 unspecified atom stereocenters. The molecule has 0 spiro atoms. The lowest BCUT2D eigenvalue weighted by Gasteiger charge is -2.31. The van der Waals surface area contributed by atoms with E-state index in [1.807, 2.05) is 0 Å². The van der Waals surface area contributed by atoms with Gasteiger partial charge in [0.15, 0.2) is 0 Å². The lowest BCUT2D eigenvalue weighted by molar-refractivity contribution is 0.271. The number of hydrogen-bond donors (Lipinski definition) is 1. The van der Waals surface area contributed by atoms with Crippen LogP contribution >= 0.6 is 24.0 Å². The van der Waals surface area contributed by atoms with E-state index >= 15 is 0 Å². The molecule has 1 saturated heterocycles. The molecule has 1 aliphatic rings. The number of sulfonamides is 1. The topological polar surface area (TPSA) is 63.4 Å². The molecule has 1 aromatic rings. The lowest BCUT2D eigenvalue weighted by atomic mass is 10.0. The van der Waals surface area contributed by atoms with Crippen LogP contribution in [0.15, 0.2) is 23.1 Å². The quantitative estimate of drug-likeness (QED) is 0.920. The molecule has 2 N–H and O–H groups in total. The van der Waals surface area contributed by atoms with Crippen molar-refractivity contribution in [2.75, 3.05) is 19.6 Å². The van der Waals surface area contributed by atoms with Crippen LogP contribution in [0, 0.1) is 12.8 Å². The minimum Gasteiger partial charge on any atom is -0.330 e. The van der Waals surface area contributed by atoms with E-state index in [9.17, 15) is 8.42 Å². The van der Waals surface area contributed by atoms with Crippen molar-refractivity contribution in [3.8, 4) is 0 Å². The van der Waals surface area contributed by atoms with E-state index in [1.165, 1.54) is 4.31 Å². The molecule has 0 bridgehead atoms. The first-order valence-electron chi connectivity index (χ1n) is 6.42. The zero-order valence-corrected chi connectivity index (χ0v) is 13.8. The van der Waals surface area contributed by atoms with Crippen LogP contribution < -0.4 is 5.73 Å². The van der Waals surface area contributed by atoms with Gasteiger partial charge in [-0.25, -0.2) is 8.42 Å². The Bertz CT molecular complexity index is 563. The molecular weight excluding hydrogens is 319 g/mol. The fraction of sp³-hybridized carbons (Fsp3) is 0.538. The van der Waals surface area contributed by atoms with Gasteiger partial charge in [-0.2, -0.15) is 4.31 Å². The second-order valence-corrected chi connectivity index (χ2v) is 7.28. The standard InChI is InChI=1S/C13H19ClN2O2S.ClH/c1-10-12(14)5-2-6-13(10)19(17,18)16-7-3-4-11(8-15)9-16;/h2,5-6,11H,3-4,7-9,15H2,1H3;1H. The summed E-state index contributed by atoms with van der Waals surface area (Å²) in [4.78, 5) is 0.303. The maximum Gasteiger partial charge on any atom is 0.243 e. The van der Waals surface area contributed by atoms with Crippen LogP contribution in [-0.2, 0) is 10.0 Å². The highest BCUT2D eigenvalue weighted by atomic mass is 35.5. The van der Waals surface area contributed by atoms with E-state index in [0.29, 0.717) is 35.1 Å². The fourth-order valence-corrected chi connectivity index (χ4v) is 4.48. The largest absolute Gasteiger partial charge is 0.330 e. The highest BCUT2D eigenvalue weighted by Gasteiger charge is 2.30. The third-order valence-corrected chi connectivity index (χ3v) is 6.07. The normalized spacial score (nSPS) is 20.4. The number of benzene rings is 1. The van der Waals surface area contributed by atoms with Crippen molar-refractivity contribution < 1.29 is 8.42 Å². The zero-order valence-electron chi connectivity index (χ0n) is 11.4. The Balaban J connectivity index is 0.00000200. The first-order chi connectivity index (χ1) is 8.96. The Hall–Kier alpha value is -0.330. The highest BCUT2D eigenvalue weighted by Crippen LogP contribution is 2.28. The fourth-order valence-electron chi connectivity index (χ4n) is 2.44. The maximum absolute atomic E-state index is 12.6. The van der Waals surface area contributed by atoms with Crippen molar-refractivity contribution >= 4 is 34.0 Å². The van der Waals surface area contributed by atoms with E-state index in [2.05, 4.69) is 0 Å². The molecule has 1 fully saturated rings. The number of piperidine rings is 1. The molecular formula is C13H20Cl2N2O2S. The van der Waals surface area contributed by atoms with Crippen LogP contribution in [0.3, 0.4) is 0 Å². The molecule has 0 saturated carbocycles. The van der Waals surface area contributed by atoms with Crippen LogP contribution in [-0.4, -0.2) is 32.4 Å². The summed E-state index contributed by atoms with van der Waals surface area (Å²) in [5, 5.41) is 0.480. The summed E-state index contributed by atoms with van der Waals surface area (Å²) in [5.74, 6) is 0.253. The lowest BCUT2D eigenvalue weighted by Crippen LogP contribution is -2.42. The van der Waals surface area contributed by atoms with E-state index < -0.39 is 10.0 Å². The van der Waals surface area contributed by atoms with Gasteiger partial charge in [0.05, 0.1) is 4.90 Å². The van der Waals surface area contributed by atoms with Crippen LogP contribution in [0.1, 0.15) is 18.4 Å². The van der Waals surface area contributed by atoms with Crippen molar-refractivity contribution in [3.05, 3.63) is 28.8 Å². The summed E-state index contributed by atoms with van der Waals surface area (Å²) in [6.07, 6.45) is 1.86. The van der Waals surface area contributed by atoms with Gasteiger partial charge in [-0.3, -0.25) is 0 Å². The smallest absolute Gasteiger partial charge is 0.243 e. The third-order valence-electron chi connectivity index (χ3n) is 3.65. The van der Waals surface area contributed by atoms with Gasteiger partial charge in [-0.15, -0.1) is 12.4 Å². The minimum absolute atomic E-state index is 0. The number of nitrogens with two attached hydrogens (primary N) is 1. The Labute approximate surface area is 131 Å². The molecule has 1 heterocycles. The van der Waals surface area contributed by atoms with Gasteiger partial charge in [0, 0.05) is 18.1 Å².